The van der Waals surface area contributed by atoms with Crippen LogP contribution in [0.5, 0.6) is 0 Å². The van der Waals surface area contributed by atoms with Crippen molar-refractivity contribution in [2.24, 2.45) is 11.1 Å². The van der Waals surface area contributed by atoms with Gasteiger partial charge in [0.15, 0.2) is 0 Å². The third-order valence-electron chi connectivity index (χ3n) is 3.47. The van der Waals surface area contributed by atoms with E-state index >= 15 is 0 Å². The molecule has 2 fully saturated rings. The van der Waals surface area contributed by atoms with Crippen LogP contribution in [0.4, 0.5) is 0 Å². The first-order valence-electron chi connectivity index (χ1n) is 5.54. The highest BCUT2D eigenvalue weighted by molar-refractivity contribution is 5.01. The van der Waals surface area contributed by atoms with E-state index in [4.69, 9.17) is 5.73 Å². The second-order valence-corrected chi connectivity index (χ2v) is 4.77. The van der Waals surface area contributed by atoms with Crippen molar-refractivity contribution < 1.29 is 0 Å². The minimum atomic E-state index is 0.609. The van der Waals surface area contributed by atoms with Crippen molar-refractivity contribution in [2.75, 3.05) is 45.8 Å². The van der Waals surface area contributed by atoms with Crippen LogP contribution in [-0.4, -0.2) is 55.6 Å². The fraction of sp³-hybridized carbons (Fsp3) is 0.818. The van der Waals surface area contributed by atoms with Gasteiger partial charge in [-0.3, -0.25) is 4.90 Å². The lowest BCUT2D eigenvalue weighted by molar-refractivity contribution is 0.0120. The van der Waals surface area contributed by atoms with Crippen molar-refractivity contribution in [3.05, 3.63) is 12.7 Å². The molecule has 2 aliphatic heterocycles. The van der Waals surface area contributed by atoms with E-state index in [0.717, 1.165) is 19.6 Å². The van der Waals surface area contributed by atoms with Crippen molar-refractivity contribution >= 4 is 0 Å². The molecule has 0 radical (unpaired) electrons. The summed E-state index contributed by atoms with van der Waals surface area (Å²) in [6.07, 6.45) is 3.37. The van der Waals surface area contributed by atoms with Crippen LogP contribution < -0.4 is 5.73 Å². The van der Waals surface area contributed by atoms with Gasteiger partial charge in [-0.15, -0.1) is 6.58 Å². The molecule has 14 heavy (non-hydrogen) atoms. The molecule has 0 unspecified atom stereocenters. The summed E-state index contributed by atoms with van der Waals surface area (Å²) in [5.41, 5.74) is 6.14. The van der Waals surface area contributed by atoms with Crippen molar-refractivity contribution in [3.63, 3.8) is 0 Å². The van der Waals surface area contributed by atoms with E-state index in [1.165, 1.54) is 32.6 Å². The van der Waals surface area contributed by atoms with Crippen LogP contribution in [-0.2, 0) is 0 Å². The molecule has 0 aromatic heterocycles. The maximum absolute atomic E-state index is 5.54. The number of nitrogens with two attached hydrogens (primary N) is 1. The molecule has 2 saturated heterocycles. The van der Waals surface area contributed by atoms with Crippen LogP contribution in [0.15, 0.2) is 12.7 Å². The monoisotopic (exact) mass is 195 g/mol. The van der Waals surface area contributed by atoms with Gasteiger partial charge in [0.1, 0.15) is 0 Å². The summed E-state index contributed by atoms with van der Waals surface area (Å²) in [7, 11) is 0. The van der Waals surface area contributed by atoms with E-state index in [1.807, 2.05) is 6.08 Å². The molecule has 80 valence electrons. The summed E-state index contributed by atoms with van der Waals surface area (Å²) in [5, 5.41) is 0. The molecule has 0 saturated carbocycles. The maximum Gasteiger partial charge on any atom is 0.0160 e. The Kier molecular flexibility index (Phi) is 2.91. The van der Waals surface area contributed by atoms with Gasteiger partial charge in [-0.1, -0.05) is 6.08 Å². The summed E-state index contributed by atoms with van der Waals surface area (Å²) in [6.45, 7) is 11.8. The second-order valence-electron chi connectivity index (χ2n) is 4.77. The summed E-state index contributed by atoms with van der Waals surface area (Å²) < 4.78 is 0. The predicted molar refractivity (Wildman–Crippen MR) is 59.2 cm³/mol. The van der Waals surface area contributed by atoms with E-state index in [2.05, 4.69) is 16.4 Å². The van der Waals surface area contributed by atoms with E-state index in [9.17, 15) is 0 Å². The Labute approximate surface area is 86.5 Å². The lowest BCUT2D eigenvalue weighted by Crippen LogP contribution is -2.58. The second kappa shape index (κ2) is 4.01. The minimum absolute atomic E-state index is 0.609. The zero-order chi connectivity index (χ0) is 10.0. The van der Waals surface area contributed by atoms with Crippen LogP contribution in [0, 0.1) is 5.41 Å². The maximum atomic E-state index is 5.54. The third-order valence-corrected chi connectivity index (χ3v) is 3.47. The van der Waals surface area contributed by atoms with Gasteiger partial charge in [-0.2, -0.15) is 0 Å². The normalized spacial score (nSPS) is 26.6. The van der Waals surface area contributed by atoms with Crippen molar-refractivity contribution in [3.8, 4) is 0 Å². The Bertz CT molecular complexity index is 209. The lowest BCUT2D eigenvalue weighted by atomic mass is 9.79. The molecular formula is C11H21N3. The molecule has 0 bridgehead atoms. The zero-order valence-electron chi connectivity index (χ0n) is 8.91. The van der Waals surface area contributed by atoms with Crippen molar-refractivity contribution in [1.82, 2.24) is 9.80 Å². The lowest BCUT2D eigenvalue weighted by Gasteiger charge is -2.48. The number of rotatable bonds is 4. The topological polar surface area (TPSA) is 32.5 Å². The molecule has 0 aliphatic carbocycles. The third kappa shape index (κ3) is 1.85. The molecular weight excluding hydrogens is 174 g/mol. The molecule has 0 aromatic carbocycles. The van der Waals surface area contributed by atoms with Crippen LogP contribution in [0.2, 0.25) is 0 Å². The van der Waals surface area contributed by atoms with Gasteiger partial charge in [0.2, 0.25) is 0 Å². The number of likely N-dealkylation sites (tertiary alicyclic amines) is 2. The van der Waals surface area contributed by atoms with Crippen molar-refractivity contribution in [2.45, 2.75) is 6.42 Å². The van der Waals surface area contributed by atoms with Gasteiger partial charge in [-0.25, -0.2) is 0 Å². The molecule has 2 heterocycles. The van der Waals surface area contributed by atoms with Gasteiger partial charge in [0.25, 0.3) is 0 Å². The Balaban J connectivity index is 1.76. The standard InChI is InChI=1S/C11H21N3/c1-2-5-13-6-3-11(8-13)9-14(10-11)7-4-12/h2H,1,3-10,12H2. The Morgan fingerprint density at radius 1 is 1.29 bits per heavy atom. The fourth-order valence-electron chi connectivity index (χ4n) is 2.87. The number of hydrogen-bond acceptors (Lipinski definition) is 3. The van der Waals surface area contributed by atoms with E-state index < -0.39 is 0 Å². The Morgan fingerprint density at radius 2 is 2.00 bits per heavy atom. The summed E-state index contributed by atoms with van der Waals surface area (Å²) in [5.74, 6) is 0. The Morgan fingerprint density at radius 3 is 2.64 bits per heavy atom. The predicted octanol–water partition coefficient (Wildman–Crippen LogP) is 0.139. The molecule has 2 N–H and O–H groups in total. The number of nitrogens with zero attached hydrogens (tertiary/aromatic N) is 2. The van der Waals surface area contributed by atoms with Gasteiger partial charge >= 0.3 is 0 Å². The van der Waals surface area contributed by atoms with E-state index in [-0.39, 0.29) is 0 Å². The first-order chi connectivity index (χ1) is 6.78. The minimum Gasteiger partial charge on any atom is -0.329 e. The van der Waals surface area contributed by atoms with Gasteiger partial charge in [0, 0.05) is 44.7 Å². The first kappa shape index (κ1) is 10.1. The van der Waals surface area contributed by atoms with Gasteiger partial charge < -0.3 is 10.6 Å². The molecule has 1 spiro atoms. The zero-order valence-corrected chi connectivity index (χ0v) is 8.91. The first-order valence-corrected chi connectivity index (χ1v) is 5.54. The molecule has 3 heteroatoms. The fourth-order valence-corrected chi connectivity index (χ4v) is 2.87. The molecule has 2 rings (SSSR count). The highest BCUT2D eigenvalue weighted by Gasteiger charge is 2.46. The van der Waals surface area contributed by atoms with Crippen LogP contribution >= 0.6 is 0 Å². The van der Waals surface area contributed by atoms with Crippen LogP contribution in [0.1, 0.15) is 6.42 Å². The highest BCUT2D eigenvalue weighted by atomic mass is 15.3. The van der Waals surface area contributed by atoms with Crippen LogP contribution in [0.25, 0.3) is 0 Å². The highest BCUT2D eigenvalue weighted by Crippen LogP contribution is 2.38. The molecule has 3 nitrogen and oxygen atoms in total. The molecule has 0 aromatic rings. The largest absolute Gasteiger partial charge is 0.329 e. The summed E-state index contributed by atoms with van der Waals surface area (Å²) in [4.78, 5) is 4.98. The average Bonchev–Trinajstić information content (AvgIpc) is 2.49. The van der Waals surface area contributed by atoms with Gasteiger partial charge in [0.05, 0.1) is 0 Å². The SMILES string of the molecule is C=CCN1CCC2(C1)CN(CCN)C2. The number of hydrogen-bond donors (Lipinski definition) is 1. The summed E-state index contributed by atoms with van der Waals surface area (Å²) in [6, 6.07) is 0. The van der Waals surface area contributed by atoms with E-state index in [0.29, 0.717) is 5.41 Å². The molecule has 0 atom stereocenters. The molecule has 0 amide bonds. The van der Waals surface area contributed by atoms with Crippen molar-refractivity contribution in [1.29, 1.82) is 0 Å². The smallest absolute Gasteiger partial charge is 0.0160 e. The van der Waals surface area contributed by atoms with Gasteiger partial charge in [-0.05, 0) is 13.0 Å². The quantitative estimate of drug-likeness (QED) is 0.648. The van der Waals surface area contributed by atoms with Crippen LogP contribution in [0.3, 0.4) is 0 Å². The Hall–Kier alpha value is -0.380. The van der Waals surface area contributed by atoms with E-state index in [1.54, 1.807) is 0 Å². The summed E-state index contributed by atoms with van der Waals surface area (Å²) >= 11 is 0. The molecule has 2 aliphatic rings. The average molecular weight is 195 g/mol.